The van der Waals surface area contributed by atoms with Crippen molar-refractivity contribution in [2.45, 2.75) is 33.8 Å². The zero-order chi connectivity index (χ0) is 20.1. The molecule has 0 radical (unpaired) electrons. The van der Waals surface area contributed by atoms with Crippen LogP contribution in [0.2, 0.25) is 0 Å². The van der Waals surface area contributed by atoms with Crippen molar-refractivity contribution in [3.63, 3.8) is 0 Å². The van der Waals surface area contributed by atoms with E-state index in [4.69, 9.17) is 4.74 Å². The molecule has 0 aliphatic carbocycles. The fourth-order valence-electron chi connectivity index (χ4n) is 2.69. The third-order valence-electron chi connectivity index (χ3n) is 3.98. The molecule has 0 spiro atoms. The maximum Gasteiger partial charge on any atom is 0.274 e. The molecule has 0 aliphatic rings. The van der Waals surface area contributed by atoms with Crippen LogP contribution in [0, 0.1) is 13.8 Å². The molecular weight excluding hydrogens is 352 g/mol. The van der Waals surface area contributed by atoms with Gasteiger partial charge >= 0.3 is 0 Å². The van der Waals surface area contributed by atoms with Crippen LogP contribution in [0.5, 0.6) is 5.75 Å². The fourth-order valence-corrected chi connectivity index (χ4v) is 2.69. The third kappa shape index (κ3) is 4.85. The number of nitrogens with one attached hydrogen (secondary N) is 2. The molecule has 1 amide bonds. The Kier molecular flexibility index (Phi) is 5.89. The molecule has 2 aromatic carbocycles. The van der Waals surface area contributed by atoms with Gasteiger partial charge in [-0.05, 0) is 57.5 Å². The summed E-state index contributed by atoms with van der Waals surface area (Å²) in [5.41, 5.74) is 3.47. The summed E-state index contributed by atoms with van der Waals surface area (Å²) < 4.78 is 5.82. The van der Waals surface area contributed by atoms with Gasteiger partial charge < -0.3 is 15.4 Å². The SMILES string of the molecule is Cc1cc(C(=O)Nc2ccccc2C)nc(Nc2ccccc2OC(C)C)n1. The van der Waals surface area contributed by atoms with Crippen LogP contribution in [-0.4, -0.2) is 22.0 Å². The molecule has 0 atom stereocenters. The number of hydrogen-bond donors (Lipinski definition) is 2. The van der Waals surface area contributed by atoms with E-state index in [1.54, 1.807) is 6.07 Å². The fraction of sp³-hybridized carbons (Fsp3) is 0.227. The van der Waals surface area contributed by atoms with E-state index in [-0.39, 0.29) is 12.0 Å². The number of rotatable bonds is 6. The molecule has 0 saturated carbocycles. The van der Waals surface area contributed by atoms with Crippen LogP contribution >= 0.6 is 0 Å². The zero-order valence-electron chi connectivity index (χ0n) is 16.5. The minimum Gasteiger partial charge on any atom is -0.489 e. The largest absolute Gasteiger partial charge is 0.489 e. The van der Waals surface area contributed by atoms with Crippen LogP contribution in [0.25, 0.3) is 0 Å². The molecule has 6 heteroatoms. The van der Waals surface area contributed by atoms with E-state index in [0.717, 1.165) is 16.9 Å². The van der Waals surface area contributed by atoms with Crippen molar-refractivity contribution in [2.24, 2.45) is 0 Å². The number of para-hydroxylation sites is 3. The Morgan fingerprint density at radius 1 is 0.964 bits per heavy atom. The first-order valence-corrected chi connectivity index (χ1v) is 9.18. The summed E-state index contributed by atoms with van der Waals surface area (Å²) in [5, 5.41) is 6.06. The highest BCUT2D eigenvalue weighted by atomic mass is 16.5. The molecule has 2 N–H and O–H groups in total. The lowest BCUT2D eigenvalue weighted by molar-refractivity contribution is 0.102. The van der Waals surface area contributed by atoms with Gasteiger partial charge in [0.05, 0.1) is 11.8 Å². The minimum atomic E-state index is -0.283. The second kappa shape index (κ2) is 8.52. The molecule has 6 nitrogen and oxygen atoms in total. The van der Waals surface area contributed by atoms with Crippen LogP contribution in [0.15, 0.2) is 54.6 Å². The van der Waals surface area contributed by atoms with Crippen LogP contribution in [0.1, 0.15) is 35.6 Å². The summed E-state index contributed by atoms with van der Waals surface area (Å²) in [7, 11) is 0. The van der Waals surface area contributed by atoms with Gasteiger partial charge in [-0.1, -0.05) is 30.3 Å². The van der Waals surface area contributed by atoms with E-state index in [0.29, 0.717) is 23.1 Å². The molecule has 3 aromatic rings. The molecule has 0 saturated heterocycles. The number of anilines is 3. The monoisotopic (exact) mass is 376 g/mol. The molecule has 1 heterocycles. The van der Waals surface area contributed by atoms with Crippen LogP contribution < -0.4 is 15.4 Å². The number of aryl methyl sites for hydroxylation is 2. The lowest BCUT2D eigenvalue weighted by atomic mass is 10.2. The number of amides is 1. The Bertz CT molecular complexity index is 986. The number of carbonyl (C=O) groups is 1. The van der Waals surface area contributed by atoms with Crippen molar-refractivity contribution in [1.29, 1.82) is 0 Å². The Balaban J connectivity index is 1.84. The van der Waals surface area contributed by atoms with Gasteiger partial charge in [0.25, 0.3) is 5.91 Å². The summed E-state index contributed by atoms with van der Waals surface area (Å²) in [6.45, 7) is 7.70. The molecule has 0 unspecified atom stereocenters. The average molecular weight is 376 g/mol. The maximum absolute atomic E-state index is 12.7. The Morgan fingerprint density at radius 3 is 2.36 bits per heavy atom. The second-order valence-corrected chi connectivity index (χ2v) is 6.77. The maximum atomic E-state index is 12.7. The average Bonchev–Trinajstić information content (AvgIpc) is 2.64. The van der Waals surface area contributed by atoms with Crippen LogP contribution in [0.3, 0.4) is 0 Å². The number of carbonyl (C=O) groups excluding carboxylic acids is 1. The predicted octanol–water partition coefficient (Wildman–Crippen LogP) is 4.88. The summed E-state index contributed by atoms with van der Waals surface area (Å²) in [6.07, 6.45) is 0.0387. The van der Waals surface area contributed by atoms with Crippen molar-refractivity contribution in [3.05, 3.63) is 71.5 Å². The topological polar surface area (TPSA) is 76.1 Å². The number of benzene rings is 2. The van der Waals surface area contributed by atoms with Crippen molar-refractivity contribution in [3.8, 4) is 5.75 Å². The van der Waals surface area contributed by atoms with Gasteiger partial charge in [0, 0.05) is 11.4 Å². The van der Waals surface area contributed by atoms with E-state index in [2.05, 4.69) is 20.6 Å². The first kappa shape index (κ1) is 19.4. The molecule has 0 aliphatic heterocycles. The quantitative estimate of drug-likeness (QED) is 0.641. The van der Waals surface area contributed by atoms with Crippen LogP contribution in [0.4, 0.5) is 17.3 Å². The highest BCUT2D eigenvalue weighted by Gasteiger charge is 2.13. The first-order valence-electron chi connectivity index (χ1n) is 9.18. The molecule has 0 fully saturated rings. The zero-order valence-corrected chi connectivity index (χ0v) is 16.5. The van der Waals surface area contributed by atoms with E-state index in [1.165, 1.54) is 0 Å². The van der Waals surface area contributed by atoms with Crippen molar-refractivity contribution in [1.82, 2.24) is 9.97 Å². The highest BCUT2D eigenvalue weighted by molar-refractivity contribution is 6.03. The van der Waals surface area contributed by atoms with Crippen molar-refractivity contribution < 1.29 is 9.53 Å². The lowest BCUT2D eigenvalue weighted by Crippen LogP contribution is -2.16. The van der Waals surface area contributed by atoms with Gasteiger partial charge in [0.15, 0.2) is 0 Å². The van der Waals surface area contributed by atoms with Gasteiger partial charge in [-0.25, -0.2) is 9.97 Å². The summed E-state index contributed by atoms with van der Waals surface area (Å²) in [5.74, 6) is 0.762. The Labute approximate surface area is 165 Å². The number of hydrogen-bond acceptors (Lipinski definition) is 5. The van der Waals surface area contributed by atoms with Gasteiger partial charge in [-0.15, -0.1) is 0 Å². The molecular formula is C22H24N4O2. The molecule has 3 rings (SSSR count). The molecule has 0 bridgehead atoms. The van der Waals surface area contributed by atoms with Crippen molar-refractivity contribution in [2.75, 3.05) is 10.6 Å². The van der Waals surface area contributed by atoms with Gasteiger partial charge in [-0.2, -0.15) is 0 Å². The number of nitrogens with zero attached hydrogens (tertiary/aromatic N) is 2. The van der Waals surface area contributed by atoms with Gasteiger partial charge in [0.1, 0.15) is 11.4 Å². The molecule has 144 valence electrons. The summed E-state index contributed by atoms with van der Waals surface area (Å²) >= 11 is 0. The summed E-state index contributed by atoms with van der Waals surface area (Å²) in [6, 6.07) is 16.8. The van der Waals surface area contributed by atoms with Gasteiger partial charge in [-0.3, -0.25) is 4.79 Å². The normalized spacial score (nSPS) is 10.6. The first-order chi connectivity index (χ1) is 13.4. The highest BCUT2D eigenvalue weighted by Crippen LogP contribution is 2.27. The minimum absolute atomic E-state index is 0.0387. The van der Waals surface area contributed by atoms with E-state index in [1.807, 2.05) is 76.2 Å². The Hall–Kier alpha value is -3.41. The van der Waals surface area contributed by atoms with Crippen molar-refractivity contribution >= 4 is 23.2 Å². The Morgan fingerprint density at radius 2 is 1.64 bits per heavy atom. The standard InChI is InChI=1S/C22H24N4O2/c1-14(2)28-20-12-8-7-11-18(20)25-22-23-16(4)13-19(26-22)21(27)24-17-10-6-5-9-15(17)3/h5-14H,1-4H3,(H,24,27)(H,23,25,26). The lowest BCUT2D eigenvalue weighted by Gasteiger charge is -2.15. The third-order valence-corrected chi connectivity index (χ3v) is 3.98. The second-order valence-electron chi connectivity index (χ2n) is 6.77. The van der Waals surface area contributed by atoms with E-state index < -0.39 is 0 Å². The number of aromatic nitrogens is 2. The predicted molar refractivity (Wildman–Crippen MR) is 111 cm³/mol. The van der Waals surface area contributed by atoms with Gasteiger partial charge in [0.2, 0.25) is 5.95 Å². The molecule has 1 aromatic heterocycles. The molecule has 28 heavy (non-hydrogen) atoms. The van der Waals surface area contributed by atoms with Crippen LogP contribution in [-0.2, 0) is 0 Å². The number of ether oxygens (including phenoxy) is 1. The summed E-state index contributed by atoms with van der Waals surface area (Å²) in [4.78, 5) is 21.5. The van der Waals surface area contributed by atoms with E-state index >= 15 is 0 Å². The smallest absolute Gasteiger partial charge is 0.274 e. The van der Waals surface area contributed by atoms with E-state index in [9.17, 15) is 4.79 Å².